The molecule has 9 unspecified atom stereocenters. The van der Waals surface area contributed by atoms with Crippen LogP contribution in [0.1, 0.15) is 195 Å². The molecular formula is C77H162N9O23S4Si4+. The van der Waals surface area contributed by atoms with Gasteiger partial charge in [-0.05, 0) is 129 Å². The summed E-state index contributed by atoms with van der Waals surface area (Å²) in [6.07, 6.45) is 11.4. The molecule has 10 N–H and O–H groups in total. The van der Waals surface area contributed by atoms with E-state index in [4.69, 9.17) is 69.7 Å². The first kappa shape index (κ1) is 122. The average Bonchev–Trinajstić information content (AvgIpc) is 1.58. The molecule has 3 saturated heterocycles. The van der Waals surface area contributed by atoms with Crippen molar-refractivity contribution in [2.45, 2.75) is 255 Å². The Morgan fingerprint density at radius 1 is 0.470 bits per heavy atom. The summed E-state index contributed by atoms with van der Waals surface area (Å²) in [5.41, 5.74) is 10.1. The summed E-state index contributed by atoms with van der Waals surface area (Å²) in [5.74, 6) is 5.46. The number of thioether (sulfide) groups is 4. The molecule has 3 aliphatic rings. The number of quaternary nitrogens is 1. The molecule has 9 atom stereocenters. The Balaban J connectivity index is -0.000000415. The Labute approximate surface area is 726 Å². The number of nitrogens with zero attached hydrogens (tertiary/aromatic N) is 2. The first-order chi connectivity index (χ1) is 54.9. The van der Waals surface area contributed by atoms with Crippen LogP contribution in [0.2, 0.25) is 24.2 Å². The van der Waals surface area contributed by atoms with Gasteiger partial charge < -0.3 is 101 Å². The van der Waals surface area contributed by atoms with E-state index in [2.05, 4.69) is 69.7 Å². The number of likely N-dealkylation sites (tertiary alicyclic amines) is 2. The monoisotopic (exact) mass is 1820 g/mol. The van der Waals surface area contributed by atoms with Crippen LogP contribution in [0, 0.1) is 23.7 Å². The maximum absolute atomic E-state index is 11.6. The lowest BCUT2D eigenvalue weighted by molar-refractivity contribution is -0.780. The van der Waals surface area contributed by atoms with Gasteiger partial charge in [-0.25, -0.2) is 9.69 Å². The summed E-state index contributed by atoms with van der Waals surface area (Å²) in [7, 11) is 9.46. The molecule has 0 spiro atoms. The summed E-state index contributed by atoms with van der Waals surface area (Å²) in [6.45, 7) is 35.2. The molecule has 3 aliphatic heterocycles. The van der Waals surface area contributed by atoms with Crippen molar-refractivity contribution in [2.24, 2.45) is 35.1 Å². The number of amides is 9. The minimum absolute atomic E-state index is 0.0210. The number of carboxylic acid groups (broad SMARTS) is 1. The molecule has 0 radical (unpaired) electrons. The van der Waals surface area contributed by atoms with Gasteiger partial charge >= 0.3 is 47.1 Å². The van der Waals surface area contributed by atoms with Gasteiger partial charge in [0.1, 0.15) is 6.54 Å². The third kappa shape index (κ3) is 55.5. The van der Waals surface area contributed by atoms with Crippen LogP contribution >= 0.6 is 47.0 Å². The van der Waals surface area contributed by atoms with Crippen LogP contribution < -0.4 is 37.6 Å². The topological polar surface area (TPSA) is 413 Å². The molecule has 0 aromatic rings. The standard InChI is InChI=1S/C12H26N2O5SSi.C12H25NO6SSi.C11H25NO4SSi.C10H23NO4SSi.3C8H15NO.C8H17NO/c1-10(12(16)14-8-11(13)15)9-20-6-5-7-21(17-2,18-3)19-4;1-10(12(16)13-8-11(14)15)9-20-6-5-7-21(17-2,18-3)19-4;1-10(12-11(2)13)9-17-7-6-8-18(14-3,15-4)16-5;1-9(10(11)12)8-16-6-5-7-17(13-2,14-3)15-4;1-5-8(4)7(10)9(8)6(2)3;2*1-3-7(2)9-6-4-5-8(9)10;1-5-7(4)8(10)9-6(2)3/h10H,5-9H2,1-4H3,(H2,13,15)(H,14,16);10H,5-9H2,1-4H3,(H,13,16)(H,14,15);10H,6-9H2,1-5H3,(H,12,13);9H,5-8H2,1-4H3,(H2,11,12);6H,5H2,1-4H3;2*7H,3-6H2,1-2H3;6-7H,5H2,1-4H3,(H,9,10)/p+1. The van der Waals surface area contributed by atoms with E-state index in [-0.39, 0.29) is 83.9 Å². The Hall–Kier alpha value is -3.35. The molecule has 117 heavy (non-hydrogen) atoms. The number of aliphatic carboxylic acids is 1. The zero-order valence-corrected chi connectivity index (χ0v) is 84.4. The fourth-order valence-corrected chi connectivity index (χ4v) is 23.1. The molecule has 0 aliphatic carbocycles. The van der Waals surface area contributed by atoms with E-state index in [0.29, 0.717) is 47.4 Å². The first-order valence-electron chi connectivity index (χ1n) is 40.8. The summed E-state index contributed by atoms with van der Waals surface area (Å²) in [6, 6.07) is 4.91. The first-order valence-corrected chi connectivity index (χ1v) is 53.1. The van der Waals surface area contributed by atoms with Crippen LogP contribution in [0.4, 0.5) is 0 Å². The molecule has 3 heterocycles. The fraction of sp³-hybridized carbons (Fsp3) is 0.870. The molecule has 32 nitrogen and oxygen atoms in total. The van der Waals surface area contributed by atoms with Crippen molar-refractivity contribution in [3.63, 3.8) is 0 Å². The highest BCUT2D eigenvalue weighted by atomic mass is 32.2. The lowest BCUT2D eigenvalue weighted by Crippen LogP contribution is -3.01. The highest BCUT2D eigenvalue weighted by Crippen LogP contribution is 2.24. The number of nitrogens with one attached hydrogen (secondary N) is 5. The van der Waals surface area contributed by atoms with Crippen LogP contribution in [0.5, 0.6) is 0 Å². The number of primary amides is 2. The van der Waals surface area contributed by atoms with Crippen molar-refractivity contribution < 1.29 is 111 Å². The number of hydrogen-bond acceptors (Lipinski definition) is 26. The second-order valence-electron chi connectivity index (χ2n) is 29.3. The molecule has 692 valence electrons. The Bertz CT molecular complexity index is 2570. The van der Waals surface area contributed by atoms with E-state index >= 15 is 0 Å². The maximum atomic E-state index is 11.6. The predicted molar refractivity (Wildman–Crippen MR) is 481 cm³/mol. The third-order valence-electron chi connectivity index (χ3n) is 19.5. The largest absolute Gasteiger partial charge is 0.500 e. The number of carbonyl (C=O) groups excluding carboxylic acids is 9. The van der Waals surface area contributed by atoms with E-state index < -0.39 is 47.1 Å². The van der Waals surface area contributed by atoms with Gasteiger partial charge in [0.2, 0.25) is 52.8 Å². The average molecular weight is 1820 g/mol. The molecule has 40 heteroatoms. The highest BCUT2D eigenvalue weighted by molar-refractivity contribution is 7.99. The van der Waals surface area contributed by atoms with Crippen LogP contribution in [0.25, 0.3) is 0 Å². The molecule has 3 fully saturated rings. The summed E-state index contributed by atoms with van der Waals surface area (Å²) >= 11 is 6.85. The van der Waals surface area contributed by atoms with E-state index in [1.807, 2.05) is 77.0 Å². The van der Waals surface area contributed by atoms with Gasteiger partial charge in [-0.3, -0.25) is 43.2 Å². The van der Waals surface area contributed by atoms with Crippen LogP contribution in [-0.2, 0) is 101 Å². The minimum Gasteiger partial charge on any atom is -0.480 e. The molecule has 3 rings (SSSR count). The van der Waals surface area contributed by atoms with Crippen molar-refractivity contribution in [3.05, 3.63) is 0 Å². The quantitative estimate of drug-likeness (QED) is 0.0162. The molecule has 0 aromatic heterocycles. The van der Waals surface area contributed by atoms with Crippen molar-refractivity contribution in [2.75, 3.05) is 158 Å². The Kier molecular flexibility index (Phi) is 74.1. The zero-order valence-electron chi connectivity index (χ0n) is 77.1. The number of rotatable bonds is 53. The lowest BCUT2D eigenvalue weighted by atomic mass is 10.1. The number of nitrogens with two attached hydrogens (primary N) is 2. The van der Waals surface area contributed by atoms with Gasteiger partial charge in [-0.2, -0.15) is 47.0 Å². The van der Waals surface area contributed by atoms with Crippen molar-refractivity contribution in [1.82, 2.24) is 31.1 Å². The zero-order chi connectivity index (χ0) is 91.1. The summed E-state index contributed by atoms with van der Waals surface area (Å²) in [5, 5.41) is 19.1. The van der Waals surface area contributed by atoms with Gasteiger partial charge in [-0.1, -0.05) is 55.4 Å². The normalized spacial score (nSPS) is 16.9. The lowest BCUT2D eigenvalue weighted by Gasteiger charge is -2.24. The van der Waals surface area contributed by atoms with Gasteiger partial charge in [0, 0.05) is 227 Å². The van der Waals surface area contributed by atoms with E-state index in [1.165, 1.54) is 6.92 Å². The molecule has 9 amide bonds. The Morgan fingerprint density at radius 3 is 1.01 bits per heavy atom. The fourth-order valence-electron chi connectivity index (χ4n) is 11.1. The van der Waals surface area contributed by atoms with Crippen molar-refractivity contribution in [3.8, 4) is 0 Å². The van der Waals surface area contributed by atoms with Crippen molar-refractivity contribution in [1.29, 1.82) is 0 Å². The number of hydrogen-bond donors (Lipinski definition) is 8. The second kappa shape index (κ2) is 71.0. The summed E-state index contributed by atoms with van der Waals surface area (Å²) in [4.78, 5) is 115. The maximum Gasteiger partial charge on any atom is 0.500 e. The highest BCUT2D eigenvalue weighted by Gasteiger charge is 2.66. The van der Waals surface area contributed by atoms with E-state index in [1.54, 1.807) is 128 Å². The molecular weight excluding hydrogens is 1660 g/mol. The predicted octanol–water partition coefficient (Wildman–Crippen LogP) is 8.03. The van der Waals surface area contributed by atoms with Gasteiger partial charge in [0.25, 0.3) is 0 Å². The molecule has 0 saturated carbocycles. The summed E-state index contributed by atoms with van der Waals surface area (Å²) < 4.78 is 63.9. The number of carbonyl (C=O) groups is 10. The van der Waals surface area contributed by atoms with Crippen molar-refractivity contribution >= 4 is 141 Å². The van der Waals surface area contributed by atoms with Gasteiger partial charge in [0.15, 0.2) is 0 Å². The molecule has 0 aromatic carbocycles. The number of carboxylic acids is 1. The third-order valence-corrected chi connectivity index (χ3v) is 36.1. The second-order valence-corrected chi connectivity index (χ2v) is 46.3. The Morgan fingerprint density at radius 2 is 0.786 bits per heavy atom. The molecule has 0 bridgehead atoms. The van der Waals surface area contributed by atoms with E-state index in [0.717, 1.165) is 154 Å². The van der Waals surface area contributed by atoms with Crippen LogP contribution in [0.3, 0.4) is 0 Å². The van der Waals surface area contributed by atoms with Crippen LogP contribution in [0.15, 0.2) is 0 Å². The van der Waals surface area contributed by atoms with Crippen LogP contribution in [-0.4, -0.2) is 303 Å². The SMILES string of the molecule is CCC(C)C(=O)NC(C)C.CCC(C)N1CCCC1=O.CCC(C)N1CCCC1=O.CCC1(C)C(=O)[NH+]1C(C)C.CO[Si](CCCSCC(C)C(=O)NCC(=O)O)(OC)OC.CO[Si](CCCSCC(C)C(=O)NCC(N)=O)(OC)OC.CO[Si](CCCSCC(C)C(N)=O)(OC)OC.CO[Si](CCCSCC(C)NC(C)=O)(OC)OC. The minimum atomic E-state index is -2.50. The van der Waals surface area contributed by atoms with E-state index in [9.17, 15) is 47.9 Å². The van der Waals surface area contributed by atoms with Gasteiger partial charge in [-0.15, -0.1) is 0 Å². The van der Waals surface area contributed by atoms with Gasteiger partial charge in [0.05, 0.1) is 12.6 Å². The smallest absolute Gasteiger partial charge is 0.480 e.